The van der Waals surface area contributed by atoms with E-state index in [2.05, 4.69) is 0 Å². The van der Waals surface area contributed by atoms with Crippen molar-refractivity contribution in [1.29, 1.82) is 0 Å². The van der Waals surface area contributed by atoms with Crippen molar-refractivity contribution in [1.82, 2.24) is 4.57 Å². The first-order chi connectivity index (χ1) is 8.97. The number of nitrogens with zero attached hydrogens (tertiary/aromatic N) is 2. The maximum absolute atomic E-state index is 11.9. The summed E-state index contributed by atoms with van der Waals surface area (Å²) < 4.78 is 1.98. The van der Waals surface area contributed by atoms with Crippen LogP contribution in [0.1, 0.15) is 5.56 Å². The lowest BCUT2D eigenvalue weighted by Crippen LogP contribution is -2.29. The van der Waals surface area contributed by atoms with E-state index >= 15 is 0 Å². The number of thiazole rings is 1. The van der Waals surface area contributed by atoms with Crippen LogP contribution in [0, 0.1) is 10.1 Å². The third kappa shape index (κ3) is 3.10. The Morgan fingerprint density at radius 2 is 2.21 bits per heavy atom. The van der Waals surface area contributed by atoms with Crippen molar-refractivity contribution in [2.24, 2.45) is 7.05 Å². The molecule has 5 nitrogen and oxygen atoms in total. The SMILES string of the molecule is Cn1c(=O)/c(=C/c2cccc(Cl)c2)s/c1=C/[N+](=O)[O-]. The molecule has 1 heterocycles. The van der Waals surface area contributed by atoms with Gasteiger partial charge >= 0.3 is 0 Å². The summed E-state index contributed by atoms with van der Waals surface area (Å²) in [6, 6.07) is 7.03. The van der Waals surface area contributed by atoms with Gasteiger partial charge < -0.3 is 0 Å². The fraction of sp³-hybridized carbons (Fsp3) is 0.0833. The highest BCUT2D eigenvalue weighted by atomic mass is 35.5. The second-order valence-electron chi connectivity index (χ2n) is 3.78. The van der Waals surface area contributed by atoms with E-state index in [1.54, 1.807) is 24.3 Å². The maximum Gasteiger partial charge on any atom is 0.268 e. The van der Waals surface area contributed by atoms with Crippen molar-refractivity contribution in [3.8, 4) is 0 Å². The normalized spacial score (nSPS) is 12.9. The molecule has 0 unspecified atom stereocenters. The molecule has 0 radical (unpaired) electrons. The molecular weight excluding hydrogens is 288 g/mol. The second kappa shape index (κ2) is 5.38. The molecule has 0 aliphatic heterocycles. The zero-order valence-corrected chi connectivity index (χ0v) is 11.4. The molecule has 0 aliphatic carbocycles. The van der Waals surface area contributed by atoms with Gasteiger partial charge in [0.2, 0.25) is 0 Å². The minimum absolute atomic E-state index is 0.266. The molecule has 0 N–H and O–H groups in total. The predicted molar refractivity (Wildman–Crippen MR) is 75.3 cm³/mol. The zero-order chi connectivity index (χ0) is 14.0. The highest BCUT2D eigenvalue weighted by molar-refractivity contribution is 7.07. The molecule has 19 heavy (non-hydrogen) atoms. The summed E-state index contributed by atoms with van der Waals surface area (Å²) in [6.07, 6.45) is 2.48. The number of rotatable bonds is 2. The lowest BCUT2D eigenvalue weighted by molar-refractivity contribution is -0.363. The molecule has 2 rings (SSSR count). The lowest BCUT2D eigenvalue weighted by Gasteiger charge is -1.91. The van der Waals surface area contributed by atoms with Crippen LogP contribution in [-0.4, -0.2) is 9.49 Å². The van der Waals surface area contributed by atoms with E-state index in [1.165, 1.54) is 11.6 Å². The fourth-order valence-electron chi connectivity index (χ4n) is 1.53. The summed E-state index contributed by atoms with van der Waals surface area (Å²) in [5.41, 5.74) is 0.511. The van der Waals surface area contributed by atoms with Crippen LogP contribution in [0.4, 0.5) is 0 Å². The van der Waals surface area contributed by atoms with Gasteiger partial charge in [-0.3, -0.25) is 19.5 Å². The van der Waals surface area contributed by atoms with E-state index in [0.29, 0.717) is 14.2 Å². The molecule has 0 atom stereocenters. The van der Waals surface area contributed by atoms with Crippen molar-refractivity contribution in [2.75, 3.05) is 0 Å². The number of halogens is 1. The van der Waals surface area contributed by atoms with Gasteiger partial charge in [0.1, 0.15) is 0 Å². The van der Waals surface area contributed by atoms with Crippen molar-refractivity contribution >= 4 is 35.2 Å². The Balaban J connectivity index is 2.65. The Hall–Kier alpha value is -1.92. The first-order valence-electron chi connectivity index (χ1n) is 5.26. The van der Waals surface area contributed by atoms with Crippen LogP contribution in [0.25, 0.3) is 12.3 Å². The molecule has 7 heteroatoms. The van der Waals surface area contributed by atoms with Gasteiger partial charge in [-0.05, 0) is 23.8 Å². The first-order valence-corrected chi connectivity index (χ1v) is 6.45. The Bertz CT molecular complexity index is 807. The molecule has 0 saturated carbocycles. The monoisotopic (exact) mass is 296 g/mol. The minimum atomic E-state index is -0.575. The van der Waals surface area contributed by atoms with Crippen molar-refractivity contribution in [3.05, 3.63) is 64.5 Å². The van der Waals surface area contributed by atoms with Crippen LogP contribution >= 0.6 is 22.9 Å². The Morgan fingerprint density at radius 1 is 1.47 bits per heavy atom. The molecule has 1 aromatic carbocycles. The highest BCUT2D eigenvalue weighted by Gasteiger charge is 2.03. The Kier molecular flexibility index (Phi) is 3.82. The van der Waals surface area contributed by atoms with Crippen LogP contribution < -0.4 is 14.8 Å². The summed E-state index contributed by atoms with van der Waals surface area (Å²) in [5.74, 6) is 0. The summed E-state index contributed by atoms with van der Waals surface area (Å²) >= 11 is 6.93. The van der Waals surface area contributed by atoms with Crippen LogP contribution in [0.2, 0.25) is 5.02 Å². The Morgan fingerprint density at radius 3 is 2.84 bits per heavy atom. The largest absolute Gasteiger partial charge is 0.297 e. The maximum atomic E-state index is 11.9. The summed E-state index contributed by atoms with van der Waals surface area (Å²) in [5, 5.41) is 11.0. The van der Waals surface area contributed by atoms with Gasteiger partial charge in [0.05, 0.1) is 9.46 Å². The van der Waals surface area contributed by atoms with Gasteiger partial charge in [0.15, 0.2) is 4.66 Å². The standard InChI is InChI=1S/C12H9ClN2O3S/c1-14-11(7-15(17)18)19-10(12(14)16)6-8-3-2-4-9(13)5-8/h2-7H,1H3/b10-6-,11-7+. The molecule has 98 valence electrons. The van der Waals surface area contributed by atoms with Crippen LogP contribution in [0.5, 0.6) is 0 Å². The molecule has 1 aromatic heterocycles. The fourth-order valence-corrected chi connectivity index (χ4v) is 2.73. The topological polar surface area (TPSA) is 65.1 Å². The van der Waals surface area contributed by atoms with Gasteiger partial charge in [-0.1, -0.05) is 23.7 Å². The number of aromatic nitrogens is 1. The number of hydrogen-bond acceptors (Lipinski definition) is 4. The van der Waals surface area contributed by atoms with Crippen molar-refractivity contribution in [2.45, 2.75) is 0 Å². The average Bonchev–Trinajstić information content (AvgIpc) is 2.57. The molecule has 2 aromatic rings. The van der Waals surface area contributed by atoms with Gasteiger partial charge in [-0.25, -0.2) is 0 Å². The van der Waals surface area contributed by atoms with Crippen LogP contribution in [0.15, 0.2) is 29.1 Å². The predicted octanol–water partition coefficient (Wildman–Crippen LogP) is 0.944. The molecule has 0 spiro atoms. The van der Waals surface area contributed by atoms with E-state index in [4.69, 9.17) is 11.6 Å². The van der Waals surface area contributed by atoms with E-state index < -0.39 is 4.92 Å². The quantitative estimate of drug-likeness (QED) is 0.612. The van der Waals surface area contributed by atoms with Gasteiger partial charge in [-0.2, -0.15) is 0 Å². The average molecular weight is 297 g/mol. The molecular formula is C12H9ClN2O3S. The van der Waals surface area contributed by atoms with Gasteiger partial charge in [-0.15, -0.1) is 11.3 Å². The molecule has 0 amide bonds. The minimum Gasteiger partial charge on any atom is -0.297 e. The smallest absolute Gasteiger partial charge is 0.268 e. The van der Waals surface area contributed by atoms with E-state index in [0.717, 1.165) is 23.1 Å². The Labute approximate surface area is 116 Å². The van der Waals surface area contributed by atoms with Gasteiger partial charge in [0.25, 0.3) is 11.8 Å². The lowest BCUT2D eigenvalue weighted by atomic mass is 10.2. The molecule has 0 bridgehead atoms. The molecule has 0 aliphatic rings. The summed E-state index contributed by atoms with van der Waals surface area (Å²) in [7, 11) is 1.50. The van der Waals surface area contributed by atoms with Gasteiger partial charge in [0, 0.05) is 12.1 Å². The first kappa shape index (κ1) is 13.5. The second-order valence-corrected chi connectivity index (χ2v) is 5.28. The van der Waals surface area contributed by atoms with E-state index in [9.17, 15) is 14.9 Å². The zero-order valence-electron chi connectivity index (χ0n) is 9.87. The summed E-state index contributed by atoms with van der Waals surface area (Å²) in [6.45, 7) is 0. The number of nitro groups is 1. The van der Waals surface area contributed by atoms with Crippen LogP contribution in [-0.2, 0) is 7.05 Å². The molecule has 0 fully saturated rings. The van der Waals surface area contributed by atoms with E-state index in [-0.39, 0.29) is 5.56 Å². The van der Waals surface area contributed by atoms with Crippen LogP contribution in [0.3, 0.4) is 0 Å². The third-order valence-corrected chi connectivity index (χ3v) is 3.76. The van der Waals surface area contributed by atoms with E-state index in [1.807, 2.05) is 6.07 Å². The van der Waals surface area contributed by atoms with Crippen molar-refractivity contribution in [3.63, 3.8) is 0 Å². The number of hydrogen-bond donors (Lipinski definition) is 0. The molecule has 0 saturated heterocycles. The summed E-state index contributed by atoms with van der Waals surface area (Å²) in [4.78, 5) is 21.8. The highest BCUT2D eigenvalue weighted by Crippen LogP contribution is 2.10. The van der Waals surface area contributed by atoms with Crippen molar-refractivity contribution < 1.29 is 4.92 Å². The third-order valence-electron chi connectivity index (χ3n) is 2.42. The number of benzene rings is 1.